The lowest BCUT2D eigenvalue weighted by atomic mass is 10.2. The van der Waals surface area contributed by atoms with Crippen molar-refractivity contribution >= 4 is 12.4 Å². The number of halogens is 2. The van der Waals surface area contributed by atoms with Crippen LogP contribution in [0.2, 0.25) is 0 Å². The van der Waals surface area contributed by atoms with E-state index in [0.29, 0.717) is 0 Å². The molecule has 0 aliphatic rings. The van der Waals surface area contributed by atoms with Crippen molar-refractivity contribution in [2.75, 3.05) is 19.6 Å². The molecule has 0 aromatic rings. The lowest BCUT2D eigenvalue weighted by Gasteiger charge is -2.39. The van der Waals surface area contributed by atoms with Gasteiger partial charge in [-0.05, 0) is 20.8 Å². The van der Waals surface area contributed by atoms with E-state index in [-0.39, 0.29) is 31.0 Å². The average Bonchev–Trinajstić information content (AvgIpc) is 2.08. The predicted molar refractivity (Wildman–Crippen MR) is 55.4 cm³/mol. The molecule has 1 N–H and O–H groups in total. The smallest absolute Gasteiger partial charge is 0.190 e. The molecule has 0 bridgehead atoms. The highest BCUT2D eigenvalue weighted by atomic mass is 35.5. The number of nitrogens with zero attached hydrogens (tertiary/aromatic N) is 1. The fraction of sp³-hybridized carbons (Fsp3) is 1.00. The van der Waals surface area contributed by atoms with Crippen molar-refractivity contribution in [2.24, 2.45) is 0 Å². The lowest BCUT2D eigenvalue weighted by Crippen LogP contribution is -3.00. The molecule has 0 amide bonds. The molecule has 0 aliphatic carbocycles. The van der Waals surface area contributed by atoms with E-state index in [2.05, 4.69) is 20.8 Å². The second-order valence-corrected chi connectivity index (χ2v) is 3.06. The van der Waals surface area contributed by atoms with E-state index in [9.17, 15) is 5.11 Å². The summed E-state index contributed by atoms with van der Waals surface area (Å²) in [6, 6.07) is 0. The number of hydrogen-bond donors (Lipinski definition) is 1. The fourth-order valence-corrected chi connectivity index (χ4v) is 1.69. The SMILES string of the molecule is CCC(O)[N+](CC)(CC)CC.Cl.[Cl-]. The van der Waals surface area contributed by atoms with Crippen LogP contribution in [0, 0.1) is 0 Å². The summed E-state index contributed by atoms with van der Waals surface area (Å²) in [5.41, 5.74) is 0. The number of hydrogen-bond acceptors (Lipinski definition) is 1. The van der Waals surface area contributed by atoms with Gasteiger partial charge in [-0.25, -0.2) is 0 Å². The van der Waals surface area contributed by atoms with E-state index in [1.807, 2.05) is 6.92 Å². The molecule has 0 heterocycles. The third-order valence-corrected chi connectivity index (χ3v) is 2.89. The molecule has 0 saturated heterocycles. The van der Waals surface area contributed by atoms with Crippen molar-refractivity contribution in [3.05, 3.63) is 0 Å². The molecule has 0 radical (unpaired) electrons. The molecule has 0 aliphatic heterocycles. The van der Waals surface area contributed by atoms with Gasteiger partial charge in [0.2, 0.25) is 0 Å². The Kier molecular flexibility index (Phi) is 13.3. The number of aliphatic hydroxyl groups excluding tert-OH is 1. The quantitative estimate of drug-likeness (QED) is 0.477. The minimum Gasteiger partial charge on any atom is -1.00 e. The van der Waals surface area contributed by atoms with Crippen LogP contribution in [0.4, 0.5) is 0 Å². The summed E-state index contributed by atoms with van der Waals surface area (Å²) < 4.78 is 0.844. The molecule has 0 saturated carbocycles. The second kappa shape index (κ2) is 9.07. The molecule has 0 fully saturated rings. The van der Waals surface area contributed by atoms with Gasteiger partial charge in [-0.2, -0.15) is 0 Å². The van der Waals surface area contributed by atoms with Crippen LogP contribution in [0.15, 0.2) is 0 Å². The highest BCUT2D eigenvalue weighted by Gasteiger charge is 2.28. The first kappa shape index (κ1) is 19.1. The van der Waals surface area contributed by atoms with Gasteiger partial charge in [-0.3, -0.25) is 4.48 Å². The minimum absolute atomic E-state index is 0. The largest absolute Gasteiger partial charge is 1.00 e. The Hall–Kier alpha value is 0.500. The van der Waals surface area contributed by atoms with Crippen LogP contribution >= 0.6 is 12.4 Å². The number of quaternary nitrogens is 1. The summed E-state index contributed by atoms with van der Waals surface area (Å²) in [5, 5.41) is 9.74. The van der Waals surface area contributed by atoms with Crippen molar-refractivity contribution in [3.8, 4) is 0 Å². The Morgan fingerprint density at radius 2 is 1.31 bits per heavy atom. The van der Waals surface area contributed by atoms with Gasteiger partial charge in [0.25, 0.3) is 0 Å². The van der Waals surface area contributed by atoms with Crippen LogP contribution in [-0.2, 0) is 0 Å². The summed E-state index contributed by atoms with van der Waals surface area (Å²) in [6.07, 6.45) is 0.685. The van der Waals surface area contributed by atoms with Gasteiger partial charge in [0.05, 0.1) is 19.6 Å². The predicted octanol–water partition coefficient (Wildman–Crippen LogP) is -0.983. The molecular formula is C9H23Cl2NO. The first-order valence-electron chi connectivity index (χ1n) is 4.70. The first-order valence-corrected chi connectivity index (χ1v) is 4.70. The summed E-state index contributed by atoms with van der Waals surface area (Å²) in [5.74, 6) is 0. The monoisotopic (exact) mass is 231 g/mol. The average molecular weight is 232 g/mol. The Bertz CT molecular complexity index is 99.5. The molecule has 84 valence electrons. The van der Waals surface area contributed by atoms with Crippen molar-refractivity contribution in [1.29, 1.82) is 0 Å². The third kappa shape index (κ3) is 4.50. The van der Waals surface area contributed by atoms with E-state index >= 15 is 0 Å². The highest BCUT2D eigenvalue weighted by Crippen LogP contribution is 2.13. The molecule has 0 aromatic heterocycles. The summed E-state index contributed by atoms with van der Waals surface area (Å²) in [6.45, 7) is 11.6. The van der Waals surface area contributed by atoms with Gasteiger partial charge in [-0.1, -0.05) is 6.92 Å². The number of rotatable bonds is 5. The van der Waals surface area contributed by atoms with Gasteiger partial charge < -0.3 is 17.5 Å². The fourth-order valence-electron chi connectivity index (χ4n) is 1.69. The van der Waals surface area contributed by atoms with Crippen molar-refractivity contribution < 1.29 is 22.0 Å². The topological polar surface area (TPSA) is 20.2 Å². The normalized spacial score (nSPS) is 12.7. The lowest BCUT2D eigenvalue weighted by molar-refractivity contribution is -0.966. The highest BCUT2D eigenvalue weighted by molar-refractivity contribution is 5.85. The molecule has 13 heavy (non-hydrogen) atoms. The minimum atomic E-state index is -0.171. The van der Waals surface area contributed by atoms with E-state index in [0.717, 1.165) is 30.5 Å². The Balaban J connectivity index is -0.000000500. The zero-order valence-electron chi connectivity index (χ0n) is 9.09. The van der Waals surface area contributed by atoms with Crippen molar-refractivity contribution in [1.82, 2.24) is 0 Å². The van der Waals surface area contributed by atoms with Crippen molar-refractivity contribution in [2.45, 2.75) is 40.3 Å². The van der Waals surface area contributed by atoms with E-state index < -0.39 is 0 Å². The van der Waals surface area contributed by atoms with E-state index in [1.165, 1.54) is 0 Å². The first-order chi connectivity index (χ1) is 5.16. The van der Waals surface area contributed by atoms with Gasteiger partial charge in [0.15, 0.2) is 6.23 Å². The Morgan fingerprint density at radius 3 is 1.38 bits per heavy atom. The third-order valence-electron chi connectivity index (χ3n) is 2.89. The van der Waals surface area contributed by atoms with Crippen LogP contribution in [-0.4, -0.2) is 35.5 Å². The maximum atomic E-state index is 9.74. The van der Waals surface area contributed by atoms with Gasteiger partial charge in [-0.15, -0.1) is 12.4 Å². The summed E-state index contributed by atoms with van der Waals surface area (Å²) >= 11 is 0. The zero-order valence-corrected chi connectivity index (χ0v) is 10.7. The van der Waals surface area contributed by atoms with E-state index in [4.69, 9.17) is 0 Å². The number of aliphatic hydroxyl groups is 1. The molecule has 4 heteroatoms. The standard InChI is InChI=1S/C9H22NO.2ClH/c1-5-9(11)10(6-2,7-3)8-4;;/h9,11H,5-8H2,1-4H3;2*1H/q+1;;/p-1. The van der Waals surface area contributed by atoms with Crippen LogP contribution < -0.4 is 12.4 Å². The molecule has 0 spiro atoms. The maximum Gasteiger partial charge on any atom is 0.190 e. The summed E-state index contributed by atoms with van der Waals surface area (Å²) in [7, 11) is 0. The Labute approximate surface area is 94.7 Å². The summed E-state index contributed by atoms with van der Waals surface area (Å²) in [4.78, 5) is 0. The van der Waals surface area contributed by atoms with Crippen LogP contribution in [0.5, 0.6) is 0 Å². The maximum absolute atomic E-state index is 9.74. The zero-order chi connectivity index (χ0) is 8.91. The van der Waals surface area contributed by atoms with Gasteiger partial charge >= 0.3 is 0 Å². The van der Waals surface area contributed by atoms with Crippen LogP contribution in [0.3, 0.4) is 0 Å². The van der Waals surface area contributed by atoms with Crippen LogP contribution in [0.25, 0.3) is 0 Å². The molecular weight excluding hydrogens is 209 g/mol. The molecule has 0 aromatic carbocycles. The molecule has 1 unspecified atom stereocenters. The molecule has 1 atom stereocenters. The van der Waals surface area contributed by atoms with Gasteiger partial charge in [0.1, 0.15) is 0 Å². The molecule has 0 rings (SSSR count). The van der Waals surface area contributed by atoms with Crippen molar-refractivity contribution in [3.63, 3.8) is 0 Å². The second-order valence-electron chi connectivity index (χ2n) is 3.06. The van der Waals surface area contributed by atoms with Crippen LogP contribution in [0.1, 0.15) is 34.1 Å². The molecule has 2 nitrogen and oxygen atoms in total. The Morgan fingerprint density at radius 1 is 1.00 bits per heavy atom. The van der Waals surface area contributed by atoms with Gasteiger partial charge in [0, 0.05) is 6.42 Å². The van der Waals surface area contributed by atoms with E-state index in [1.54, 1.807) is 0 Å².